The summed E-state index contributed by atoms with van der Waals surface area (Å²) < 4.78 is 11.1. The number of guanidine groups is 1. The van der Waals surface area contributed by atoms with Gasteiger partial charge in [-0.25, -0.2) is 0 Å². The zero-order valence-corrected chi connectivity index (χ0v) is 26.1. The van der Waals surface area contributed by atoms with Gasteiger partial charge in [-0.05, 0) is 79.1 Å². The van der Waals surface area contributed by atoms with E-state index in [0.29, 0.717) is 61.4 Å². The predicted molar refractivity (Wildman–Crippen MR) is 171 cm³/mol. The number of ether oxygens (including phenoxy) is 2. The minimum atomic E-state index is -0.0282. The molecule has 2 aromatic carbocycles. The van der Waals surface area contributed by atoms with Crippen LogP contribution in [0.3, 0.4) is 0 Å². The van der Waals surface area contributed by atoms with E-state index in [1.54, 1.807) is 31.3 Å². The number of nitrogens with one attached hydrogen (secondary N) is 2. The van der Waals surface area contributed by atoms with E-state index in [9.17, 15) is 15.0 Å². The normalized spacial score (nSPS) is 13.4. The molecule has 2 aromatic rings. The molecule has 6 N–H and O–H groups in total. The summed E-state index contributed by atoms with van der Waals surface area (Å²) in [6.45, 7) is 7.71. The van der Waals surface area contributed by atoms with E-state index in [-0.39, 0.29) is 29.2 Å². The molecule has 0 heterocycles. The molecule has 0 aliphatic heterocycles. The number of carbonyl (C=O) groups excluding carboxylic acids is 1. The van der Waals surface area contributed by atoms with Crippen molar-refractivity contribution in [1.29, 1.82) is 0 Å². The molecule has 0 unspecified atom stereocenters. The number of benzene rings is 2. The van der Waals surface area contributed by atoms with Gasteiger partial charge >= 0.3 is 0 Å². The van der Waals surface area contributed by atoms with Gasteiger partial charge in [0, 0.05) is 20.0 Å². The summed E-state index contributed by atoms with van der Waals surface area (Å²) in [5.41, 5.74) is 8.21. The van der Waals surface area contributed by atoms with Crippen LogP contribution in [0.4, 0.5) is 5.69 Å². The van der Waals surface area contributed by atoms with Gasteiger partial charge in [0.15, 0.2) is 34.7 Å². The monoisotopic (exact) mass is 582 g/mol. The molecule has 0 bridgehead atoms. The molecule has 0 fully saturated rings. The number of carbonyl (C=O) groups is 1. The van der Waals surface area contributed by atoms with Gasteiger partial charge in [0.1, 0.15) is 6.61 Å². The van der Waals surface area contributed by atoms with Crippen molar-refractivity contribution >= 4 is 17.4 Å². The molecule has 0 saturated carbocycles. The molecular formula is C33H50N4O5. The van der Waals surface area contributed by atoms with Crippen molar-refractivity contribution in [3.63, 3.8) is 0 Å². The lowest BCUT2D eigenvalue weighted by Crippen LogP contribution is -2.22. The first-order valence-electron chi connectivity index (χ1n) is 14.8. The molecule has 0 saturated heterocycles. The Kier molecular flexibility index (Phi) is 14.7. The third kappa shape index (κ3) is 11.6. The van der Waals surface area contributed by atoms with Gasteiger partial charge in [0.05, 0.1) is 12.8 Å². The maximum absolute atomic E-state index is 12.9. The van der Waals surface area contributed by atoms with Crippen LogP contribution in [0.1, 0.15) is 57.6 Å². The molecule has 0 amide bonds. The second-order valence-corrected chi connectivity index (χ2v) is 11.2. The first-order chi connectivity index (χ1) is 20.1. The topological polar surface area (TPSA) is 138 Å². The van der Waals surface area contributed by atoms with Gasteiger partial charge in [-0.1, -0.05) is 52.2 Å². The highest BCUT2D eigenvalue weighted by atomic mass is 16.5. The Hall–Kier alpha value is -3.72. The molecule has 9 nitrogen and oxygen atoms in total. The van der Waals surface area contributed by atoms with Crippen LogP contribution in [0.15, 0.2) is 47.5 Å². The SMILES string of the molecule is CN=C(N)Nc1cc(C[C@H](C=CC(=O)CCc2ccc(O)c(OC)c2)[C@H](C)CCCC(C)C)cc(OCCNC)c1O. The van der Waals surface area contributed by atoms with Crippen molar-refractivity contribution in [3.05, 3.63) is 53.6 Å². The quantitative estimate of drug-likeness (QED) is 0.0515. The lowest BCUT2D eigenvalue weighted by molar-refractivity contribution is -0.114. The van der Waals surface area contributed by atoms with Crippen LogP contribution in [0.2, 0.25) is 0 Å². The lowest BCUT2D eigenvalue weighted by atomic mass is 9.83. The van der Waals surface area contributed by atoms with Crippen molar-refractivity contribution in [2.45, 2.75) is 59.3 Å². The van der Waals surface area contributed by atoms with E-state index in [1.807, 2.05) is 25.3 Å². The number of likely N-dealkylation sites (N-methyl/N-ethyl adjacent to an activating group) is 1. The van der Waals surface area contributed by atoms with Gasteiger partial charge in [0.25, 0.3) is 0 Å². The van der Waals surface area contributed by atoms with Gasteiger partial charge in [-0.15, -0.1) is 0 Å². The number of nitrogens with two attached hydrogens (primary N) is 1. The fourth-order valence-electron chi connectivity index (χ4n) is 4.70. The molecule has 232 valence electrons. The van der Waals surface area contributed by atoms with Crippen LogP contribution >= 0.6 is 0 Å². The van der Waals surface area contributed by atoms with E-state index in [2.05, 4.69) is 36.4 Å². The molecule has 0 spiro atoms. The molecule has 0 aromatic heterocycles. The van der Waals surface area contributed by atoms with E-state index in [0.717, 1.165) is 30.4 Å². The highest BCUT2D eigenvalue weighted by molar-refractivity contribution is 5.94. The van der Waals surface area contributed by atoms with E-state index in [1.165, 1.54) is 7.11 Å². The maximum atomic E-state index is 12.9. The fourth-order valence-corrected chi connectivity index (χ4v) is 4.70. The number of anilines is 1. The Morgan fingerprint density at radius 2 is 1.83 bits per heavy atom. The smallest absolute Gasteiger partial charge is 0.192 e. The number of aliphatic imine (C=N–C) groups is 1. The molecular weight excluding hydrogens is 532 g/mol. The van der Waals surface area contributed by atoms with Crippen molar-refractivity contribution in [2.75, 3.05) is 39.7 Å². The van der Waals surface area contributed by atoms with Crippen molar-refractivity contribution in [3.8, 4) is 23.0 Å². The predicted octanol–water partition coefficient (Wildman–Crippen LogP) is 5.44. The fraction of sp³-hybridized carbons (Fsp3) is 0.515. The third-order valence-electron chi connectivity index (χ3n) is 7.32. The zero-order chi connectivity index (χ0) is 31.1. The molecule has 2 atom stereocenters. The molecule has 0 aliphatic rings. The number of hydrogen-bond donors (Lipinski definition) is 5. The first kappa shape index (κ1) is 34.5. The van der Waals surface area contributed by atoms with Crippen LogP contribution in [-0.4, -0.2) is 56.3 Å². The Balaban J connectivity index is 2.27. The van der Waals surface area contributed by atoms with Crippen molar-refractivity contribution < 1.29 is 24.5 Å². The Labute approximate surface area is 251 Å². The summed E-state index contributed by atoms with van der Waals surface area (Å²) in [7, 11) is 4.92. The average molecular weight is 583 g/mol. The van der Waals surface area contributed by atoms with E-state index >= 15 is 0 Å². The number of ketones is 1. The average Bonchev–Trinajstić information content (AvgIpc) is 2.96. The number of allylic oxidation sites excluding steroid dienone is 2. The number of phenols is 2. The Morgan fingerprint density at radius 3 is 2.50 bits per heavy atom. The number of nitrogens with zero attached hydrogens (tertiary/aromatic N) is 1. The molecule has 9 heteroatoms. The number of phenolic OH excluding ortho intramolecular Hbond substituents is 2. The Morgan fingerprint density at radius 1 is 1.10 bits per heavy atom. The van der Waals surface area contributed by atoms with Crippen LogP contribution in [0, 0.1) is 17.8 Å². The largest absolute Gasteiger partial charge is 0.504 e. The van der Waals surface area contributed by atoms with Crippen LogP contribution in [0.25, 0.3) is 0 Å². The lowest BCUT2D eigenvalue weighted by Gasteiger charge is -2.23. The second kappa shape index (κ2) is 18.0. The van der Waals surface area contributed by atoms with Crippen molar-refractivity contribution in [2.24, 2.45) is 28.5 Å². The molecule has 2 rings (SSSR count). The highest BCUT2D eigenvalue weighted by Gasteiger charge is 2.19. The van der Waals surface area contributed by atoms with Gasteiger partial charge in [-0.3, -0.25) is 9.79 Å². The third-order valence-corrected chi connectivity index (χ3v) is 7.32. The molecule has 0 aliphatic carbocycles. The minimum absolute atomic E-state index is 0.0282. The summed E-state index contributed by atoms with van der Waals surface area (Å²) in [4.78, 5) is 16.9. The molecule has 42 heavy (non-hydrogen) atoms. The van der Waals surface area contributed by atoms with E-state index in [4.69, 9.17) is 15.2 Å². The summed E-state index contributed by atoms with van der Waals surface area (Å²) in [5.74, 6) is 2.09. The number of aryl methyl sites for hydroxylation is 1. The summed E-state index contributed by atoms with van der Waals surface area (Å²) in [6.07, 6.45) is 8.60. The van der Waals surface area contributed by atoms with Crippen LogP contribution in [0.5, 0.6) is 23.0 Å². The summed E-state index contributed by atoms with van der Waals surface area (Å²) in [5, 5.41) is 26.7. The van der Waals surface area contributed by atoms with Gasteiger partial charge in [0.2, 0.25) is 0 Å². The first-order valence-corrected chi connectivity index (χ1v) is 14.8. The van der Waals surface area contributed by atoms with Crippen molar-refractivity contribution in [1.82, 2.24) is 5.32 Å². The second-order valence-electron chi connectivity index (χ2n) is 11.2. The number of methoxy groups -OCH3 is 1. The van der Waals surface area contributed by atoms with Gasteiger partial charge < -0.3 is 36.1 Å². The van der Waals surface area contributed by atoms with E-state index < -0.39 is 0 Å². The standard InChI is InChI=1S/C33H50N4O5/c1-22(2)8-7-9-23(3)26(12-14-27(38)13-10-24-11-15-29(39)30(20-24)41-6)18-25-19-28(37-33(34)36-5)32(40)31(21-25)42-17-16-35-4/h11-12,14-15,19-23,26,35,39-40H,7-10,13,16-18H2,1-6H3,(H3,34,36,37)/t23-,26+/m1/s1. The Bertz CT molecular complexity index is 1200. The zero-order valence-electron chi connectivity index (χ0n) is 26.1. The molecule has 0 radical (unpaired) electrons. The highest BCUT2D eigenvalue weighted by Crippen LogP contribution is 2.37. The number of hydrogen-bond acceptors (Lipinski definition) is 7. The van der Waals surface area contributed by atoms with Crippen LogP contribution in [-0.2, 0) is 17.6 Å². The van der Waals surface area contributed by atoms with Gasteiger partial charge in [-0.2, -0.15) is 0 Å². The summed E-state index contributed by atoms with van der Waals surface area (Å²) in [6, 6.07) is 8.86. The van der Waals surface area contributed by atoms with Crippen LogP contribution < -0.4 is 25.8 Å². The summed E-state index contributed by atoms with van der Waals surface area (Å²) >= 11 is 0. The maximum Gasteiger partial charge on any atom is 0.192 e. The number of rotatable bonds is 18. The number of aromatic hydroxyl groups is 2. The minimum Gasteiger partial charge on any atom is -0.504 e.